The number of rotatable bonds is 11. The number of nitrogens with one attached hydrogen (secondary N) is 2. The summed E-state index contributed by atoms with van der Waals surface area (Å²) in [5, 5.41) is 5.46. The van der Waals surface area contributed by atoms with Crippen LogP contribution in [0.2, 0.25) is 0 Å². The summed E-state index contributed by atoms with van der Waals surface area (Å²) in [6, 6.07) is -0.620. The molecule has 0 aliphatic rings. The molecular weight excluding hydrogens is 332 g/mol. The fraction of sp³-hybridized carbons (Fsp3) is 0.812. The molecule has 0 rings (SSSR count). The molecule has 24 heavy (non-hydrogen) atoms. The Labute approximate surface area is 148 Å². The number of hydrogen-bond acceptors (Lipinski definition) is 6. The largest absolute Gasteiger partial charge is 0.463 e. The molecule has 0 saturated heterocycles. The number of carbonyl (C=O) groups is 3. The van der Waals surface area contributed by atoms with Crippen LogP contribution in [0.5, 0.6) is 0 Å². The minimum absolute atomic E-state index is 0.0746. The van der Waals surface area contributed by atoms with Gasteiger partial charge in [0.25, 0.3) is 0 Å². The smallest absolute Gasteiger partial charge is 0.408 e. The van der Waals surface area contributed by atoms with E-state index in [0.29, 0.717) is 12.2 Å². The third-order valence-electron chi connectivity index (χ3n) is 3.45. The Hall–Kier alpha value is -1.44. The molecule has 0 aromatic carbocycles. The summed E-state index contributed by atoms with van der Waals surface area (Å²) in [6.45, 7) is 7.30. The maximum atomic E-state index is 12.4. The van der Waals surface area contributed by atoms with E-state index < -0.39 is 24.2 Å². The van der Waals surface area contributed by atoms with E-state index in [2.05, 4.69) is 10.6 Å². The van der Waals surface area contributed by atoms with E-state index in [4.69, 9.17) is 9.47 Å². The number of ether oxygens (including phenoxy) is 2. The van der Waals surface area contributed by atoms with Crippen LogP contribution in [-0.2, 0) is 19.1 Å². The first kappa shape index (κ1) is 22.6. The van der Waals surface area contributed by atoms with Crippen molar-refractivity contribution in [1.82, 2.24) is 10.6 Å². The number of hydrogen-bond donors (Lipinski definition) is 2. The SMILES string of the molecule is CCOC(=O)[C@H](C)OC(=O)N[C@@H](CCSC)C(=O)NC(CC)CC. The van der Waals surface area contributed by atoms with E-state index in [-0.39, 0.29) is 18.6 Å². The molecule has 0 aliphatic heterocycles. The summed E-state index contributed by atoms with van der Waals surface area (Å²) >= 11 is 1.58. The van der Waals surface area contributed by atoms with Crippen molar-refractivity contribution in [3.05, 3.63) is 0 Å². The van der Waals surface area contributed by atoms with E-state index in [1.54, 1.807) is 18.7 Å². The molecule has 8 heteroatoms. The predicted molar refractivity (Wildman–Crippen MR) is 95.0 cm³/mol. The van der Waals surface area contributed by atoms with E-state index in [1.165, 1.54) is 6.92 Å². The van der Waals surface area contributed by atoms with Crippen LogP contribution in [0, 0.1) is 0 Å². The highest BCUT2D eigenvalue weighted by Gasteiger charge is 2.25. The molecule has 2 amide bonds. The van der Waals surface area contributed by atoms with Crippen molar-refractivity contribution in [2.75, 3.05) is 18.6 Å². The highest BCUT2D eigenvalue weighted by Crippen LogP contribution is 2.05. The molecule has 0 heterocycles. The lowest BCUT2D eigenvalue weighted by molar-refractivity contribution is -0.152. The standard InChI is InChI=1S/C16H30N2O5S/c1-6-12(7-2)17-14(19)13(9-10-24-5)18-16(21)23-11(4)15(20)22-8-3/h11-13H,6-10H2,1-5H3,(H,17,19)(H,18,21)/t11-,13-/m0/s1. The van der Waals surface area contributed by atoms with Gasteiger partial charge in [-0.15, -0.1) is 0 Å². The lowest BCUT2D eigenvalue weighted by Gasteiger charge is -2.22. The molecule has 7 nitrogen and oxygen atoms in total. The summed E-state index contributed by atoms with van der Waals surface area (Å²) in [5.41, 5.74) is 0. The van der Waals surface area contributed by atoms with Crippen molar-refractivity contribution in [3.63, 3.8) is 0 Å². The lowest BCUT2D eigenvalue weighted by atomic mass is 10.1. The number of thioether (sulfide) groups is 1. The number of alkyl carbamates (subject to hydrolysis) is 1. The van der Waals surface area contributed by atoms with Crippen LogP contribution in [0.3, 0.4) is 0 Å². The Morgan fingerprint density at radius 1 is 1.08 bits per heavy atom. The van der Waals surface area contributed by atoms with Crippen molar-refractivity contribution in [2.45, 2.75) is 65.1 Å². The predicted octanol–water partition coefficient (Wildman–Crippen LogP) is 2.09. The van der Waals surface area contributed by atoms with Crippen LogP contribution in [0.25, 0.3) is 0 Å². The second-order valence-electron chi connectivity index (χ2n) is 5.30. The molecule has 0 bridgehead atoms. The van der Waals surface area contributed by atoms with Gasteiger partial charge in [0.1, 0.15) is 6.04 Å². The van der Waals surface area contributed by atoms with Gasteiger partial charge in [0.05, 0.1) is 6.61 Å². The van der Waals surface area contributed by atoms with Crippen LogP contribution in [0.4, 0.5) is 4.79 Å². The van der Waals surface area contributed by atoms with Gasteiger partial charge in [-0.05, 0) is 45.1 Å². The van der Waals surface area contributed by atoms with Crippen LogP contribution < -0.4 is 10.6 Å². The highest BCUT2D eigenvalue weighted by molar-refractivity contribution is 7.98. The van der Waals surface area contributed by atoms with Gasteiger partial charge in [0, 0.05) is 6.04 Å². The molecule has 2 atom stereocenters. The quantitative estimate of drug-likeness (QED) is 0.547. The monoisotopic (exact) mass is 362 g/mol. The van der Waals surface area contributed by atoms with Crippen molar-refractivity contribution >= 4 is 29.7 Å². The Balaban J connectivity index is 4.67. The zero-order valence-corrected chi connectivity index (χ0v) is 16.0. The van der Waals surface area contributed by atoms with Crippen molar-refractivity contribution in [1.29, 1.82) is 0 Å². The van der Waals surface area contributed by atoms with E-state index in [0.717, 1.165) is 12.8 Å². The van der Waals surface area contributed by atoms with E-state index in [1.807, 2.05) is 20.1 Å². The van der Waals surface area contributed by atoms with Crippen LogP contribution >= 0.6 is 11.8 Å². The van der Waals surface area contributed by atoms with Gasteiger partial charge in [-0.3, -0.25) is 4.79 Å². The summed E-state index contributed by atoms with van der Waals surface area (Å²) in [7, 11) is 0. The van der Waals surface area contributed by atoms with Gasteiger partial charge in [-0.25, -0.2) is 9.59 Å². The molecule has 0 saturated carbocycles. The second kappa shape index (κ2) is 12.9. The molecule has 2 N–H and O–H groups in total. The van der Waals surface area contributed by atoms with Gasteiger partial charge in [-0.2, -0.15) is 11.8 Å². The van der Waals surface area contributed by atoms with Crippen molar-refractivity contribution in [3.8, 4) is 0 Å². The Kier molecular flexibility index (Phi) is 12.1. The van der Waals surface area contributed by atoms with Gasteiger partial charge >= 0.3 is 12.1 Å². The number of esters is 1. The number of carbonyl (C=O) groups excluding carboxylic acids is 3. The van der Waals surface area contributed by atoms with Gasteiger partial charge in [0.2, 0.25) is 5.91 Å². The fourth-order valence-corrected chi connectivity index (χ4v) is 2.42. The van der Waals surface area contributed by atoms with Crippen molar-refractivity contribution in [2.24, 2.45) is 0 Å². The van der Waals surface area contributed by atoms with Crippen molar-refractivity contribution < 1.29 is 23.9 Å². The second-order valence-corrected chi connectivity index (χ2v) is 6.29. The molecule has 0 fully saturated rings. The fourth-order valence-electron chi connectivity index (χ4n) is 1.94. The Morgan fingerprint density at radius 3 is 2.21 bits per heavy atom. The summed E-state index contributed by atoms with van der Waals surface area (Å²) in [5.74, 6) is -0.136. The van der Waals surface area contributed by atoms with Crippen LogP contribution in [0.15, 0.2) is 0 Å². The normalized spacial score (nSPS) is 13.1. The Morgan fingerprint density at radius 2 is 1.71 bits per heavy atom. The maximum Gasteiger partial charge on any atom is 0.408 e. The number of amides is 2. The van der Waals surface area contributed by atoms with Gasteiger partial charge in [-0.1, -0.05) is 13.8 Å². The van der Waals surface area contributed by atoms with E-state index in [9.17, 15) is 14.4 Å². The third-order valence-corrected chi connectivity index (χ3v) is 4.10. The topological polar surface area (TPSA) is 93.7 Å². The molecule has 0 radical (unpaired) electrons. The zero-order chi connectivity index (χ0) is 18.5. The zero-order valence-electron chi connectivity index (χ0n) is 15.2. The molecule has 0 aromatic rings. The summed E-state index contributed by atoms with van der Waals surface area (Å²) in [6.07, 6.45) is 2.23. The highest BCUT2D eigenvalue weighted by atomic mass is 32.2. The van der Waals surface area contributed by atoms with Crippen LogP contribution in [0.1, 0.15) is 47.0 Å². The lowest BCUT2D eigenvalue weighted by Crippen LogP contribution is -2.50. The average Bonchev–Trinajstić information content (AvgIpc) is 2.56. The average molecular weight is 362 g/mol. The first-order valence-corrected chi connectivity index (χ1v) is 9.71. The molecular formula is C16H30N2O5S. The van der Waals surface area contributed by atoms with Gasteiger partial charge in [0.15, 0.2) is 6.10 Å². The van der Waals surface area contributed by atoms with Crippen LogP contribution in [-0.4, -0.2) is 54.8 Å². The first-order valence-electron chi connectivity index (χ1n) is 8.32. The van der Waals surface area contributed by atoms with Gasteiger partial charge < -0.3 is 20.1 Å². The molecule has 0 unspecified atom stereocenters. The molecule has 140 valence electrons. The maximum absolute atomic E-state index is 12.4. The minimum atomic E-state index is -1.02. The third kappa shape index (κ3) is 9.00. The molecule has 0 aliphatic carbocycles. The summed E-state index contributed by atoms with van der Waals surface area (Å²) < 4.78 is 9.75. The Bertz CT molecular complexity index is 402. The minimum Gasteiger partial charge on any atom is -0.463 e. The summed E-state index contributed by atoms with van der Waals surface area (Å²) in [4.78, 5) is 35.8. The van der Waals surface area contributed by atoms with E-state index >= 15 is 0 Å². The molecule has 0 spiro atoms. The molecule has 0 aromatic heterocycles. The first-order chi connectivity index (χ1) is 11.4.